The minimum absolute atomic E-state index is 0.0785. The van der Waals surface area contributed by atoms with E-state index >= 15 is 0 Å². The van der Waals surface area contributed by atoms with Crippen LogP contribution >= 0.6 is 15.9 Å². The second-order valence-corrected chi connectivity index (χ2v) is 8.02. The van der Waals surface area contributed by atoms with Crippen molar-refractivity contribution in [3.63, 3.8) is 0 Å². The molecule has 2 rings (SSSR count). The summed E-state index contributed by atoms with van der Waals surface area (Å²) in [6.45, 7) is 5.09. The maximum Gasteiger partial charge on any atom is 0.417 e. The zero-order valence-electron chi connectivity index (χ0n) is 13.9. The smallest absolute Gasteiger partial charge is 0.417 e. The number of piperazine rings is 1. The predicted molar refractivity (Wildman–Crippen MR) is 86.3 cm³/mol. The topological polar surface area (TPSA) is 76.2 Å². The van der Waals surface area contributed by atoms with Gasteiger partial charge in [0.15, 0.2) is 0 Å². The number of halogens is 1. The average molecular weight is 391 g/mol. The molecular formula is C15H23BrN2O5. The molecule has 0 unspecified atom stereocenters. The fraction of sp³-hybridized carbons (Fsp3) is 0.800. The summed E-state index contributed by atoms with van der Waals surface area (Å²) in [6, 6.07) is -0.704. The van der Waals surface area contributed by atoms with E-state index in [0.29, 0.717) is 6.42 Å². The Morgan fingerprint density at radius 1 is 1.22 bits per heavy atom. The van der Waals surface area contributed by atoms with Crippen molar-refractivity contribution in [3.05, 3.63) is 0 Å². The normalized spacial score (nSPS) is 28.2. The van der Waals surface area contributed by atoms with Gasteiger partial charge in [-0.3, -0.25) is 9.69 Å². The van der Waals surface area contributed by atoms with E-state index in [4.69, 9.17) is 9.47 Å². The fourth-order valence-electron chi connectivity index (χ4n) is 3.14. The van der Waals surface area contributed by atoms with Gasteiger partial charge in [-0.2, -0.15) is 0 Å². The first-order valence-corrected chi connectivity index (χ1v) is 8.61. The highest BCUT2D eigenvalue weighted by atomic mass is 79.9. The van der Waals surface area contributed by atoms with E-state index in [1.165, 1.54) is 16.9 Å². The van der Waals surface area contributed by atoms with Gasteiger partial charge in [0, 0.05) is 4.83 Å². The molecule has 1 aliphatic carbocycles. The molecule has 1 aliphatic heterocycles. The van der Waals surface area contributed by atoms with Gasteiger partial charge in [0.2, 0.25) is 0 Å². The van der Waals surface area contributed by atoms with Gasteiger partial charge in [-0.1, -0.05) is 22.4 Å². The van der Waals surface area contributed by atoms with Gasteiger partial charge in [-0.25, -0.2) is 14.5 Å². The largest absolute Gasteiger partial charge is 0.453 e. The Labute approximate surface area is 144 Å². The number of carbonyl (C=O) groups is 3. The molecule has 3 amide bonds. The molecule has 0 aromatic carbocycles. The molecular weight excluding hydrogens is 368 g/mol. The zero-order valence-corrected chi connectivity index (χ0v) is 15.5. The maximum absolute atomic E-state index is 12.5. The van der Waals surface area contributed by atoms with E-state index in [1.807, 2.05) is 0 Å². The van der Waals surface area contributed by atoms with Crippen LogP contribution in [0.25, 0.3) is 0 Å². The Balaban J connectivity index is 2.31. The highest BCUT2D eigenvalue weighted by molar-refractivity contribution is 9.09. The average Bonchev–Trinajstić information content (AvgIpc) is 2.44. The third-order valence-corrected chi connectivity index (χ3v) is 5.02. The summed E-state index contributed by atoms with van der Waals surface area (Å²) < 4.78 is 10.2. The molecule has 0 bridgehead atoms. The lowest BCUT2D eigenvalue weighted by atomic mass is 9.86. The van der Waals surface area contributed by atoms with Gasteiger partial charge in [0.05, 0.1) is 19.2 Å². The van der Waals surface area contributed by atoms with Crippen molar-refractivity contribution in [2.24, 2.45) is 0 Å². The van der Waals surface area contributed by atoms with E-state index in [-0.39, 0.29) is 17.4 Å². The SMILES string of the molecule is COC(=O)N1CC(=O)N(C(=O)OC(C)(C)C)[C@@H]2[C@H](Br)CCC[C@@H]21. The van der Waals surface area contributed by atoms with Crippen molar-refractivity contribution >= 4 is 34.0 Å². The minimum Gasteiger partial charge on any atom is -0.453 e. The molecule has 130 valence electrons. The number of imide groups is 1. The summed E-state index contributed by atoms with van der Waals surface area (Å²) >= 11 is 3.56. The summed E-state index contributed by atoms with van der Waals surface area (Å²) in [5, 5.41) is 0. The van der Waals surface area contributed by atoms with Crippen LogP contribution < -0.4 is 0 Å². The number of nitrogens with zero attached hydrogens (tertiary/aromatic N) is 2. The number of ether oxygens (including phenoxy) is 2. The minimum atomic E-state index is -0.692. The second kappa shape index (κ2) is 6.67. The summed E-state index contributed by atoms with van der Waals surface area (Å²) in [7, 11) is 1.29. The Hall–Kier alpha value is -1.31. The Bertz CT molecular complexity index is 505. The van der Waals surface area contributed by atoms with Crippen LogP contribution in [0.4, 0.5) is 9.59 Å². The van der Waals surface area contributed by atoms with E-state index in [9.17, 15) is 14.4 Å². The fourth-order valence-corrected chi connectivity index (χ4v) is 4.05. The molecule has 0 aromatic heterocycles. The van der Waals surface area contributed by atoms with E-state index in [0.717, 1.165) is 12.8 Å². The maximum atomic E-state index is 12.5. The van der Waals surface area contributed by atoms with E-state index in [2.05, 4.69) is 15.9 Å². The molecule has 8 heteroatoms. The van der Waals surface area contributed by atoms with Gasteiger partial charge in [0.1, 0.15) is 12.1 Å². The van der Waals surface area contributed by atoms with E-state index in [1.54, 1.807) is 20.8 Å². The van der Waals surface area contributed by atoms with Gasteiger partial charge in [0.25, 0.3) is 5.91 Å². The molecule has 0 spiro atoms. The van der Waals surface area contributed by atoms with Gasteiger partial charge in [-0.05, 0) is 33.6 Å². The van der Waals surface area contributed by atoms with Crippen LogP contribution in [0.2, 0.25) is 0 Å². The molecule has 2 fully saturated rings. The number of alkyl halides is 1. The van der Waals surface area contributed by atoms with Gasteiger partial charge < -0.3 is 9.47 Å². The molecule has 0 N–H and O–H groups in total. The van der Waals surface area contributed by atoms with Gasteiger partial charge in [-0.15, -0.1) is 0 Å². The monoisotopic (exact) mass is 390 g/mol. The Morgan fingerprint density at radius 3 is 2.43 bits per heavy atom. The van der Waals surface area contributed by atoms with E-state index < -0.39 is 29.7 Å². The van der Waals surface area contributed by atoms with Crippen LogP contribution in [0.5, 0.6) is 0 Å². The first-order valence-electron chi connectivity index (χ1n) is 7.69. The van der Waals surface area contributed by atoms with Gasteiger partial charge >= 0.3 is 12.2 Å². The van der Waals surface area contributed by atoms with Crippen molar-refractivity contribution in [2.45, 2.75) is 62.5 Å². The van der Waals surface area contributed by atoms with Crippen LogP contribution in [-0.4, -0.2) is 64.1 Å². The van der Waals surface area contributed by atoms with Crippen molar-refractivity contribution in [3.8, 4) is 0 Å². The lowest BCUT2D eigenvalue weighted by Crippen LogP contribution is -2.68. The molecule has 0 aromatic rings. The second-order valence-electron chi connectivity index (χ2n) is 6.85. The number of hydrogen-bond acceptors (Lipinski definition) is 5. The summed E-state index contributed by atoms with van der Waals surface area (Å²) in [4.78, 5) is 39.5. The van der Waals surface area contributed by atoms with Crippen LogP contribution in [0.3, 0.4) is 0 Å². The standard InChI is InChI=1S/C15H23BrN2O5/c1-15(2,3)23-14(21)18-11(19)8-17(13(20)22-4)10-7-5-6-9(16)12(10)18/h9-10,12H,5-8H2,1-4H3/t9-,10+,12-/m1/s1. The van der Waals surface area contributed by atoms with Crippen molar-refractivity contribution in [1.29, 1.82) is 0 Å². The van der Waals surface area contributed by atoms with Crippen molar-refractivity contribution in [1.82, 2.24) is 9.80 Å². The summed E-state index contributed by atoms with van der Waals surface area (Å²) in [5.41, 5.74) is -0.692. The third-order valence-electron chi connectivity index (χ3n) is 4.02. The molecule has 7 nitrogen and oxygen atoms in total. The molecule has 3 atom stereocenters. The number of amides is 3. The van der Waals surface area contributed by atoms with Crippen LogP contribution in [0.1, 0.15) is 40.0 Å². The molecule has 23 heavy (non-hydrogen) atoms. The van der Waals surface area contributed by atoms with Crippen molar-refractivity contribution in [2.75, 3.05) is 13.7 Å². The Morgan fingerprint density at radius 2 is 1.87 bits per heavy atom. The first-order chi connectivity index (χ1) is 10.7. The lowest BCUT2D eigenvalue weighted by Gasteiger charge is -2.49. The number of methoxy groups -OCH3 is 1. The predicted octanol–water partition coefficient (Wildman–Crippen LogP) is 2.52. The number of rotatable bonds is 0. The number of carbonyl (C=O) groups excluding carboxylic acids is 3. The first kappa shape index (κ1) is 18.0. The molecule has 1 heterocycles. The highest BCUT2D eigenvalue weighted by Crippen LogP contribution is 2.35. The van der Waals surface area contributed by atoms with Crippen molar-refractivity contribution < 1.29 is 23.9 Å². The number of fused-ring (bicyclic) bond motifs is 1. The summed E-state index contributed by atoms with van der Waals surface area (Å²) in [5.74, 6) is -0.447. The highest BCUT2D eigenvalue weighted by Gasteiger charge is 2.51. The molecule has 1 saturated carbocycles. The molecule has 2 aliphatic rings. The van der Waals surface area contributed by atoms with Crippen LogP contribution in [0.15, 0.2) is 0 Å². The molecule has 0 radical (unpaired) electrons. The lowest BCUT2D eigenvalue weighted by molar-refractivity contribution is -0.141. The number of hydrogen-bond donors (Lipinski definition) is 0. The Kier molecular flexibility index (Phi) is 5.23. The van der Waals surface area contributed by atoms with Crippen LogP contribution in [0, 0.1) is 0 Å². The quantitative estimate of drug-likeness (QED) is 0.593. The third kappa shape index (κ3) is 3.79. The summed E-state index contributed by atoms with van der Waals surface area (Å²) in [6.07, 6.45) is 1.24. The zero-order chi connectivity index (χ0) is 17.4. The molecule has 1 saturated heterocycles. The van der Waals surface area contributed by atoms with Crippen LogP contribution in [-0.2, 0) is 14.3 Å².